The second-order valence-electron chi connectivity index (χ2n) is 5.90. The summed E-state index contributed by atoms with van der Waals surface area (Å²) in [7, 11) is 0. The topological polar surface area (TPSA) is 55.1 Å². The number of carbonyl (C=O) groups excluding carboxylic acids is 1. The first-order valence-electron chi connectivity index (χ1n) is 6.23. The highest BCUT2D eigenvalue weighted by Crippen LogP contribution is 2.64. The average Bonchev–Trinajstić information content (AvgIpc) is 2.94. The number of nitrogens with two attached hydrogens (primary N) is 1. The van der Waals surface area contributed by atoms with Crippen LogP contribution in [0, 0.1) is 11.3 Å². The number of carbonyl (C=O) groups is 1. The Morgan fingerprint density at radius 2 is 2.07 bits per heavy atom. The van der Waals surface area contributed by atoms with Crippen molar-refractivity contribution in [3.63, 3.8) is 0 Å². The Kier molecular flexibility index (Phi) is 2.06. The number of amides is 1. The van der Waals surface area contributed by atoms with E-state index in [9.17, 15) is 4.79 Å². The molecular weight excluding hydrogens is 188 g/mol. The minimum atomic E-state index is -0.258. The van der Waals surface area contributed by atoms with Crippen molar-refractivity contribution in [3.8, 4) is 0 Å². The third-order valence-corrected chi connectivity index (χ3v) is 4.25. The van der Waals surface area contributed by atoms with E-state index < -0.39 is 0 Å². The largest absolute Gasteiger partial charge is 0.352 e. The van der Waals surface area contributed by atoms with Gasteiger partial charge in [0.15, 0.2) is 0 Å². The summed E-state index contributed by atoms with van der Waals surface area (Å²) in [6.45, 7) is 0. The fourth-order valence-electron chi connectivity index (χ4n) is 2.92. The molecule has 3 rings (SSSR count). The van der Waals surface area contributed by atoms with Gasteiger partial charge in [0.1, 0.15) is 0 Å². The molecule has 84 valence electrons. The Labute approximate surface area is 90.8 Å². The molecule has 0 aromatic carbocycles. The van der Waals surface area contributed by atoms with Crippen LogP contribution < -0.4 is 11.1 Å². The van der Waals surface area contributed by atoms with Gasteiger partial charge in [-0.1, -0.05) is 0 Å². The SMILES string of the molecule is N[C@@H](CC1CC2(CC2)C1)C(=O)NC1CC1. The summed E-state index contributed by atoms with van der Waals surface area (Å²) >= 11 is 0. The molecule has 0 aromatic rings. The maximum Gasteiger partial charge on any atom is 0.237 e. The lowest BCUT2D eigenvalue weighted by Crippen LogP contribution is -2.44. The second-order valence-corrected chi connectivity index (χ2v) is 5.90. The van der Waals surface area contributed by atoms with Crippen molar-refractivity contribution in [3.05, 3.63) is 0 Å². The maximum atomic E-state index is 11.6. The van der Waals surface area contributed by atoms with E-state index in [1.165, 1.54) is 25.7 Å². The van der Waals surface area contributed by atoms with Crippen LogP contribution in [0.5, 0.6) is 0 Å². The minimum Gasteiger partial charge on any atom is -0.352 e. The van der Waals surface area contributed by atoms with Crippen molar-refractivity contribution < 1.29 is 4.79 Å². The van der Waals surface area contributed by atoms with Gasteiger partial charge in [0, 0.05) is 6.04 Å². The standard InChI is InChI=1S/C12H20N2O/c13-10(11(15)14-9-1-2-9)5-8-6-12(7-8)3-4-12/h8-10H,1-7,13H2,(H,14,15)/t10-/m0/s1. The summed E-state index contributed by atoms with van der Waals surface area (Å²) in [5.41, 5.74) is 6.63. The lowest BCUT2D eigenvalue weighted by Gasteiger charge is -2.37. The Bertz CT molecular complexity index is 273. The van der Waals surface area contributed by atoms with Gasteiger partial charge in [0.05, 0.1) is 6.04 Å². The highest BCUT2D eigenvalue weighted by atomic mass is 16.2. The molecule has 0 radical (unpaired) electrons. The zero-order chi connectivity index (χ0) is 10.5. The molecular formula is C12H20N2O. The van der Waals surface area contributed by atoms with E-state index in [1.54, 1.807) is 0 Å². The normalized spacial score (nSPS) is 29.7. The Morgan fingerprint density at radius 1 is 1.40 bits per heavy atom. The molecule has 0 heterocycles. The van der Waals surface area contributed by atoms with Crippen LogP contribution >= 0.6 is 0 Å². The van der Waals surface area contributed by atoms with Crippen molar-refractivity contribution in [2.24, 2.45) is 17.1 Å². The number of hydrogen-bond acceptors (Lipinski definition) is 2. The van der Waals surface area contributed by atoms with Gasteiger partial charge in [-0.25, -0.2) is 0 Å². The Balaban J connectivity index is 1.40. The van der Waals surface area contributed by atoms with Gasteiger partial charge in [-0.2, -0.15) is 0 Å². The van der Waals surface area contributed by atoms with Crippen LogP contribution in [-0.4, -0.2) is 18.0 Å². The lowest BCUT2D eigenvalue weighted by atomic mass is 9.69. The first-order valence-corrected chi connectivity index (χ1v) is 6.23. The monoisotopic (exact) mass is 208 g/mol. The van der Waals surface area contributed by atoms with Gasteiger partial charge in [-0.15, -0.1) is 0 Å². The van der Waals surface area contributed by atoms with E-state index >= 15 is 0 Å². The molecule has 3 aliphatic rings. The predicted molar refractivity (Wildman–Crippen MR) is 58.1 cm³/mol. The zero-order valence-electron chi connectivity index (χ0n) is 9.17. The van der Waals surface area contributed by atoms with Crippen LogP contribution in [0.4, 0.5) is 0 Å². The molecule has 3 aliphatic carbocycles. The Hall–Kier alpha value is -0.570. The summed E-state index contributed by atoms with van der Waals surface area (Å²) in [5.74, 6) is 0.807. The predicted octanol–water partition coefficient (Wildman–Crippen LogP) is 1.17. The fraction of sp³-hybridized carbons (Fsp3) is 0.917. The molecule has 3 heteroatoms. The Morgan fingerprint density at radius 3 is 2.60 bits per heavy atom. The van der Waals surface area contributed by atoms with E-state index in [0.29, 0.717) is 6.04 Å². The summed E-state index contributed by atoms with van der Waals surface area (Å²) < 4.78 is 0. The molecule has 0 aliphatic heterocycles. The molecule has 15 heavy (non-hydrogen) atoms. The maximum absolute atomic E-state index is 11.6. The highest BCUT2D eigenvalue weighted by Gasteiger charge is 2.52. The van der Waals surface area contributed by atoms with Crippen molar-refractivity contribution in [2.45, 2.75) is 57.0 Å². The molecule has 0 unspecified atom stereocenters. The molecule has 3 nitrogen and oxygen atoms in total. The number of nitrogens with one attached hydrogen (secondary N) is 1. The van der Waals surface area contributed by atoms with Crippen molar-refractivity contribution >= 4 is 5.91 Å². The quantitative estimate of drug-likeness (QED) is 0.728. The second kappa shape index (κ2) is 3.21. The average molecular weight is 208 g/mol. The van der Waals surface area contributed by atoms with E-state index in [1.807, 2.05) is 0 Å². The van der Waals surface area contributed by atoms with E-state index in [2.05, 4.69) is 5.32 Å². The summed E-state index contributed by atoms with van der Waals surface area (Å²) in [5, 5.41) is 2.98. The van der Waals surface area contributed by atoms with Crippen LogP contribution in [0.1, 0.15) is 44.9 Å². The van der Waals surface area contributed by atoms with Gasteiger partial charge >= 0.3 is 0 Å². The first kappa shape index (κ1) is 9.64. The number of hydrogen-bond donors (Lipinski definition) is 2. The summed E-state index contributed by atoms with van der Waals surface area (Å²) in [4.78, 5) is 11.6. The third-order valence-electron chi connectivity index (χ3n) is 4.25. The first-order chi connectivity index (χ1) is 7.17. The van der Waals surface area contributed by atoms with Gasteiger partial charge < -0.3 is 11.1 Å². The summed E-state index contributed by atoms with van der Waals surface area (Å²) in [6.07, 6.45) is 8.70. The van der Waals surface area contributed by atoms with Crippen LogP contribution in [0.2, 0.25) is 0 Å². The fourth-order valence-corrected chi connectivity index (χ4v) is 2.92. The van der Waals surface area contributed by atoms with Crippen molar-refractivity contribution in [1.82, 2.24) is 5.32 Å². The summed E-state index contributed by atoms with van der Waals surface area (Å²) in [6, 6.07) is 0.186. The van der Waals surface area contributed by atoms with E-state index in [0.717, 1.165) is 30.6 Å². The molecule has 3 fully saturated rings. The van der Waals surface area contributed by atoms with Crippen LogP contribution in [0.25, 0.3) is 0 Å². The molecule has 0 bridgehead atoms. The van der Waals surface area contributed by atoms with Crippen molar-refractivity contribution in [1.29, 1.82) is 0 Å². The van der Waals surface area contributed by atoms with Crippen LogP contribution in [-0.2, 0) is 4.79 Å². The third kappa shape index (κ3) is 2.03. The molecule has 1 atom stereocenters. The molecule has 1 amide bonds. The van der Waals surface area contributed by atoms with Gasteiger partial charge in [0.2, 0.25) is 5.91 Å². The van der Waals surface area contributed by atoms with E-state index in [-0.39, 0.29) is 11.9 Å². The smallest absolute Gasteiger partial charge is 0.237 e. The van der Waals surface area contributed by atoms with Gasteiger partial charge in [-0.3, -0.25) is 4.79 Å². The van der Waals surface area contributed by atoms with Crippen LogP contribution in [0.15, 0.2) is 0 Å². The minimum absolute atomic E-state index is 0.0780. The van der Waals surface area contributed by atoms with Gasteiger partial charge in [-0.05, 0) is 56.3 Å². The molecule has 0 saturated heterocycles. The zero-order valence-corrected chi connectivity index (χ0v) is 9.17. The van der Waals surface area contributed by atoms with E-state index in [4.69, 9.17) is 5.73 Å². The molecule has 3 saturated carbocycles. The number of rotatable bonds is 4. The lowest BCUT2D eigenvalue weighted by molar-refractivity contribution is -0.123. The van der Waals surface area contributed by atoms with Gasteiger partial charge in [0.25, 0.3) is 0 Å². The molecule has 0 aromatic heterocycles. The van der Waals surface area contributed by atoms with Crippen molar-refractivity contribution in [2.75, 3.05) is 0 Å². The van der Waals surface area contributed by atoms with Crippen LogP contribution in [0.3, 0.4) is 0 Å². The highest BCUT2D eigenvalue weighted by molar-refractivity contribution is 5.82. The molecule has 3 N–H and O–H groups in total. The molecule has 1 spiro atoms.